The quantitative estimate of drug-likeness (QED) is 0.752. The van der Waals surface area contributed by atoms with E-state index < -0.39 is 0 Å². The normalized spacial score (nSPS) is 10.3. The second-order valence-corrected chi connectivity index (χ2v) is 4.32. The van der Waals surface area contributed by atoms with Gasteiger partial charge in [-0.25, -0.2) is 4.98 Å². The third kappa shape index (κ3) is 4.69. The van der Waals surface area contributed by atoms with Gasteiger partial charge in [0.1, 0.15) is 5.82 Å². The molecule has 19 heavy (non-hydrogen) atoms. The molecule has 2 amide bonds. The lowest BCUT2D eigenvalue weighted by Crippen LogP contribution is -2.41. The van der Waals surface area contributed by atoms with Crippen LogP contribution in [0.3, 0.4) is 0 Å². The third-order valence-corrected chi connectivity index (χ3v) is 2.48. The molecule has 0 radical (unpaired) electrons. The summed E-state index contributed by atoms with van der Waals surface area (Å²) in [6, 6.07) is 0. The Kier molecular flexibility index (Phi) is 5.98. The lowest BCUT2D eigenvalue weighted by atomic mass is 10.3. The molecule has 106 valence electrons. The van der Waals surface area contributed by atoms with Gasteiger partial charge in [0.2, 0.25) is 11.7 Å². The molecule has 0 saturated carbocycles. The molecular formula is C12H21N5O2. The smallest absolute Gasteiger partial charge is 0.293 e. The zero-order chi connectivity index (χ0) is 14.3. The number of aryl methyl sites for hydroxylation is 1. The molecule has 2 N–H and O–H groups in total. The first-order valence-electron chi connectivity index (χ1n) is 6.53. The molecule has 0 spiro atoms. The van der Waals surface area contributed by atoms with Gasteiger partial charge in [0.25, 0.3) is 5.91 Å². The standard InChI is InChI=1S/C12H21N5O2/c1-4-6-13-10(18)8-17(7-5-2)12(19)11-14-9(3)15-16-11/h4-8H2,1-3H3,(H,13,18)(H,14,15,16). The van der Waals surface area contributed by atoms with E-state index in [-0.39, 0.29) is 24.2 Å². The minimum absolute atomic E-state index is 0.0419. The van der Waals surface area contributed by atoms with E-state index in [1.54, 1.807) is 6.92 Å². The number of hydrogen-bond donors (Lipinski definition) is 2. The van der Waals surface area contributed by atoms with E-state index in [4.69, 9.17) is 0 Å². The van der Waals surface area contributed by atoms with E-state index in [1.165, 1.54) is 4.90 Å². The summed E-state index contributed by atoms with van der Waals surface area (Å²) in [5, 5.41) is 9.21. The van der Waals surface area contributed by atoms with Crippen LogP contribution in [-0.4, -0.2) is 51.5 Å². The Morgan fingerprint density at radius 2 is 2.05 bits per heavy atom. The van der Waals surface area contributed by atoms with Crippen LogP contribution in [0.4, 0.5) is 0 Å². The fraction of sp³-hybridized carbons (Fsp3) is 0.667. The number of nitrogens with one attached hydrogen (secondary N) is 2. The maximum absolute atomic E-state index is 12.2. The van der Waals surface area contributed by atoms with Crippen molar-refractivity contribution in [1.29, 1.82) is 0 Å². The van der Waals surface area contributed by atoms with Crippen molar-refractivity contribution < 1.29 is 9.59 Å². The fourth-order valence-corrected chi connectivity index (χ4v) is 1.60. The van der Waals surface area contributed by atoms with Crippen molar-refractivity contribution in [2.45, 2.75) is 33.6 Å². The average Bonchev–Trinajstić information content (AvgIpc) is 2.81. The minimum atomic E-state index is -0.321. The van der Waals surface area contributed by atoms with Crippen LogP contribution < -0.4 is 5.32 Å². The van der Waals surface area contributed by atoms with Crippen LogP contribution in [0.2, 0.25) is 0 Å². The third-order valence-electron chi connectivity index (χ3n) is 2.48. The van der Waals surface area contributed by atoms with Crippen LogP contribution in [0.1, 0.15) is 43.1 Å². The van der Waals surface area contributed by atoms with Crippen molar-refractivity contribution in [2.24, 2.45) is 0 Å². The molecule has 0 saturated heterocycles. The molecule has 0 atom stereocenters. The second-order valence-electron chi connectivity index (χ2n) is 4.32. The van der Waals surface area contributed by atoms with Crippen molar-refractivity contribution >= 4 is 11.8 Å². The van der Waals surface area contributed by atoms with Gasteiger partial charge in [-0.2, -0.15) is 0 Å². The van der Waals surface area contributed by atoms with Gasteiger partial charge in [0.05, 0.1) is 6.54 Å². The molecule has 7 nitrogen and oxygen atoms in total. The zero-order valence-corrected chi connectivity index (χ0v) is 11.7. The monoisotopic (exact) mass is 267 g/mol. The summed E-state index contributed by atoms with van der Waals surface area (Å²) >= 11 is 0. The molecule has 0 unspecified atom stereocenters. The SMILES string of the molecule is CCCNC(=O)CN(CCC)C(=O)c1n[nH]c(C)n1. The maximum atomic E-state index is 12.2. The zero-order valence-electron chi connectivity index (χ0n) is 11.7. The van der Waals surface area contributed by atoms with Gasteiger partial charge < -0.3 is 10.2 Å². The largest absolute Gasteiger partial charge is 0.355 e. The summed E-state index contributed by atoms with van der Waals surface area (Å²) in [7, 11) is 0. The van der Waals surface area contributed by atoms with Crippen molar-refractivity contribution in [3.05, 3.63) is 11.6 Å². The van der Waals surface area contributed by atoms with Gasteiger partial charge >= 0.3 is 0 Å². The predicted octanol–water partition coefficient (Wildman–Crippen LogP) is 0.492. The van der Waals surface area contributed by atoms with Crippen LogP contribution in [0.15, 0.2) is 0 Å². The van der Waals surface area contributed by atoms with E-state index in [0.717, 1.165) is 12.8 Å². The summed E-state index contributed by atoms with van der Waals surface area (Å²) in [6.45, 7) is 6.82. The van der Waals surface area contributed by atoms with Crippen LogP contribution in [0.25, 0.3) is 0 Å². The number of H-pyrrole nitrogens is 1. The summed E-state index contributed by atoms with van der Waals surface area (Å²) in [5.41, 5.74) is 0. The van der Waals surface area contributed by atoms with Crippen LogP contribution >= 0.6 is 0 Å². The van der Waals surface area contributed by atoms with Crippen molar-refractivity contribution in [2.75, 3.05) is 19.6 Å². The number of rotatable bonds is 7. The van der Waals surface area contributed by atoms with E-state index in [2.05, 4.69) is 20.5 Å². The van der Waals surface area contributed by atoms with Crippen LogP contribution in [0, 0.1) is 6.92 Å². The number of amides is 2. The first-order valence-corrected chi connectivity index (χ1v) is 6.53. The Morgan fingerprint density at radius 3 is 2.58 bits per heavy atom. The molecular weight excluding hydrogens is 246 g/mol. The highest BCUT2D eigenvalue weighted by Gasteiger charge is 2.21. The predicted molar refractivity (Wildman–Crippen MR) is 70.6 cm³/mol. The van der Waals surface area contributed by atoms with Crippen LogP contribution in [-0.2, 0) is 4.79 Å². The van der Waals surface area contributed by atoms with E-state index >= 15 is 0 Å². The fourth-order valence-electron chi connectivity index (χ4n) is 1.60. The van der Waals surface area contributed by atoms with Crippen LogP contribution in [0.5, 0.6) is 0 Å². The molecule has 7 heteroatoms. The Morgan fingerprint density at radius 1 is 1.32 bits per heavy atom. The van der Waals surface area contributed by atoms with Crippen molar-refractivity contribution in [1.82, 2.24) is 25.4 Å². The molecule has 0 fully saturated rings. The molecule has 0 bridgehead atoms. The Labute approximate surface area is 112 Å². The maximum Gasteiger partial charge on any atom is 0.293 e. The second kappa shape index (κ2) is 7.50. The Balaban J connectivity index is 2.66. The number of aromatic nitrogens is 3. The van der Waals surface area contributed by atoms with Gasteiger partial charge in [-0.3, -0.25) is 14.7 Å². The summed E-state index contributed by atoms with van der Waals surface area (Å²) < 4.78 is 0. The highest BCUT2D eigenvalue weighted by molar-refractivity contribution is 5.93. The molecule has 0 aliphatic rings. The van der Waals surface area contributed by atoms with Gasteiger partial charge in [-0.05, 0) is 19.8 Å². The molecule has 0 aromatic carbocycles. The van der Waals surface area contributed by atoms with Crippen molar-refractivity contribution in [3.63, 3.8) is 0 Å². The molecule has 1 aromatic heterocycles. The highest BCUT2D eigenvalue weighted by atomic mass is 16.2. The minimum Gasteiger partial charge on any atom is -0.355 e. The lowest BCUT2D eigenvalue weighted by molar-refractivity contribution is -0.121. The molecule has 1 rings (SSSR count). The lowest BCUT2D eigenvalue weighted by Gasteiger charge is -2.19. The Bertz CT molecular complexity index is 430. The molecule has 0 aliphatic carbocycles. The van der Waals surface area contributed by atoms with Gasteiger partial charge in [0.15, 0.2) is 0 Å². The van der Waals surface area contributed by atoms with E-state index in [0.29, 0.717) is 18.9 Å². The number of nitrogens with zero attached hydrogens (tertiary/aromatic N) is 3. The van der Waals surface area contributed by atoms with E-state index in [1.807, 2.05) is 13.8 Å². The summed E-state index contributed by atoms with van der Waals surface area (Å²) in [4.78, 5) is 29.3. The number of aromatic amines is 1. The van der Waals surface area contributed by atoms with Gasteiger partial charge in [0, 0.05) is 13.1 Å². The highest BCUT2D eigenvalue weighted by Crippen LogP contribution is 2.01. The van der Waals surface area contributed by atoms with Crippen molar-refractivity contribution in [3.8, 4) is 0 Å². The number of carbonyl (C=O) groups is 2. The summed E-state index contributed by atoms with van der Waals surface area (Å²) in [5.74, 6) is 0.207. The molecule has 1 aromatic rings. The average molecular weight is 267 g/mol. The first kappa shape index (κ1) is 15.1. The van der Waals surface area contributed by atoms with E-state index in [9.17, 15) is 9.59 Å². The number of hydrogen-bond acceptors (Lipinski definition) is 4. The first-order chi connectivity index (χ1) is 9.08. The van der Waals surface area contributed by atoms with Gasteiger partial charge in [-0.15, -0.1) is 5.10 Å². The molecule has 1 heterocycles. The van der Waals surface area contributed by atoms with Gasteiger partial charge in [-0.1, -0.05) is 13.8 Å². The Hall–Kier alpha value is -1.92. The topological polar surface area (TPSA) is 91.0 Å². The molecule has 0 aliphatic heterocycles. The number of carbonyl (C=O) groups excluding carboxylic acids is 2. The summed E-state index contributed by atoms with van der Waals surface area (Å²) in [6.07, 6.45) is 1.64.